The summed E-state index contributed by atoms with van der Waals surface area (Å²) in [6.07, 6.45) is -1.83. The first-order chi connectivity index (χ1) is 13.1. The van der Waals surface area contributed by atoms with Crippen LogP contribution in [0.4, 0.5) is 22.0 Å². The van der Waals surface area contributed by atoms with Gasteiger partial charge in [-0.25, -0.2) is 19.5 Å². The number of alkyl halides is 5. The van der Waals surface area contributed by atoms with E-state index in [2.05, 4.69) is 40.7 Å². The SMILES string of the molecule is CCSc1nn2ccc(Br)nc2c1-c1cnc(OCC(F)(F)C(F)(F)F)cn1. The molecule has 13 heteroatoms. The molecule has 0 N–H and O–H groups in total. The van der Waals surface area contributed by atoms with E-state index in [1.165, 1.54) is 18.0 Å². The van der Waals surface area contributed by atoms with E-state index in [9.17, 15) is 22.0 Å². The molecule has 0 bridgehead atoms. The van der Waals surface area contributed by atoms with Gasteiger partial charge >= 0.3 is 12.1 Å². The molecular weight excluding hydrogens is 473 g/mol. The summed E-state index contributed by atoms with van der Waals surface area (Å²) in [5.74, 6) is -4.72. The fourth-order valence-corrected chi connectivity index (χ4v) is 3.16. The fourth-order valence-electron chi connectivity index (χ4n) is 2.12. The highest BCUT2D eigenvalue weighted by Crippen LogP contribution is 2.36. The Morgan fingerprint density at radius 1 is 1.18 bits per heavy atom. The molecule has 3 aromatic rings. The summed E-state index contributed by atoms with van der Waals surface area (Å²) in [4.78, 5) is 12.2. The number of rotatable bonds is 6. The molecule has 0 fully saturated rings. The van der Waals surface area contributed by atoms with Crippen molar-refractivity contribution < 1.29 is 26.7 Å². The van der Waals surface area contributed by atoms with Gasteiger partial charge in [-0.2, -0.15) is 27.1 Å². The summed E-state index contributed by atoms with van der Waals surface area (Å²) in [6, 6.07) is 1.70. The van der Waals surface area contributed by atoms with Crippen molar-refractivity contribution in [3.63, 3.8) is 0 Å². The third kappa shape index (κ3) is 4.19. The van der Waals surface area contributed by atoms with Gasteiger partial charge in [-0.3, -0.25) is 0 Å². The molecule has 0 unspecified atom stereocenters. The van der Waals surface area contributed by atoms with E-state index in [1.807, 2.05) is 6.92 Å². The topological polar surface area (TPSA) is 65.2 Å². The van der Waals surface area contributed by atoms with Crippen LogP contribution in [0.3, 0.4) is 0 Å². The van der Waals surface area contributed by atoms with E-state index in [-0.39, 0.29) is 0 Å². The van der Waals surface area contributed by atoms with Crippen LogP contribution in [0, 0.1) is 0 Å². The minimum absolute atomic E-state index is 0.325. The first kappa shape index (κ1) is 20.7. The first-order valence-electron chi connectivity index (χ1n) is 7.70. The summed E-state index contributed by atoms with van der Waals surface area (Å²) >= 11 is 4.71. The second kappa shape index (κ2) is 7.78. The van der Waals surface area contributed by atoms with Crippen LogP contribution in [0.2, 0.25) is 0 Å². The van der Waals surface area contributed by atoms with Gasteiger partial charge in [0.2, 0.25) is 5.88 Å². The molecule has 28 heavy (non-hydrogen) atoms. The average Bonchev–Trinajstić information content (AvgIpc) is 2.97. The third-order valence-electron chi connectivity index (χ3n) is 3.40. The molecule has 0 aliphatic carbocycles. The molecule has 0 amide bonds. The zero-order chi connectivity index (χ0) is 20.5. The zero-order valence-electron chi connectivity index (χ0n) is 14.0. The number of fused-ring (bicyclic) bond motifs is 1. The van der Waals surface area contributed by atoms with Gasteiger partial charge in [0, 0.05) is 6.20 Å². The largest absolute Gasteiger partial charge is 0.470 e. The molecular formula is C15H11BrF5N5OS. The lowest BCUT2D eigenvalue weighted by Crippen LogP contribution is -2.41. The number of ether oxygens (including phenoxy) is 1. The maximum absolute atomic E-state index is 12.9. The van der Waals surface area contributed by atoms with Gasteiger partial charge in [0.05, 0.1) is 23.7 Å². The molecule has 0 radical (unpaired) electrons. The van der Waals surface area contributed by atoms with E-state index in [0.29, 0.717) is 26.5 Å². The molecule has 3 heterocycles. The number of hydrogen-bond acceptors (Lipinski definition) is 6. The van der Waals surface area contributed by atoms with Crippen molar-refractivity contribution in [1.29, 1.82) is 0 Å². The second-order valence-electron chi connectivity index (χ2n) is 5.36. The Bertz CT molecular complexity index is 979. The molecule has 0 aromatic carbocycles. The minimum atomic E-state index is -5.71. The van der Waals surface area contributed by atoms with Crippen LogP contribution in [0.5, 0.6) is 5.88 Å². The average molecular weight is 484 g/mol. The Hall–Kier alpha value is -2.02. The zero-order valence-corrected chi connectivity index (χ0v) is 16.4. The highest BCUT2D eigenvalue weighted by atomic mass is 79.9. The molecule has 0 saturated heterocycles. The maximum atomic E-state index is 12.9. The van der Waals surface area contributed by atoms with Crippen LogP contribution in [0.25, 0.3) is 16.9 Å². The van der Waals surface area contributed by atoms with E-state index >= 15 is 0 Å². The highest BCUT2D eigenvalue weighted by Gasteiger charge is 2.58. The van der Waals surface area contributed by atoms with Gasteiger partial charge in [-0.15, -0.1) is 11.8 Å². The van der Waals surface area contributed by atoms with Crippen molar-refractivity contribution in [3.8, 4) is 17.1 Å². The van der Waals surface area contributed by atoms with Crippen LogP contribution >= 0.6 is 27.7 Å². The lowest BCUT2D eigenvalue weighted by molar-refractivity contribution is -0.290. The summed E-state index contributed by atoms with van der Waals surface area (Å²) in [6.45, 7) is 0.0535. The minimum Gasteiger partial charge on any atom is -0.470 e. The Morgan fingerprint density at radius 2 is 1.93 bits per heavy atom. The highest BCUT2D eigenvalue weighted by molar-refractivity contribution is 9.10. The summed E-state index contributed by atoms with van der Waals surface area (Å²) in [5, 5.41) is 5.04. The molecule has 3 aromatic heterocycles. The van der Waals surface area contributed by atoms with Crippen LogP contribution in [0.15, 0.2) is 34.3 Å². The number of nitrogens with zero attached hydrogens (tertiary/aromatic N) is 5. The number of thioether (sulfide) groups is 1. The quantitative estimate of drug-likeness (QED) is 0.289. The lowest BCUT2D eigenvalue weighted by atomic mass is 10.2. The monoisotopic (exact) mass is 483 g/mol. The Morgan fingerprint density at radius 3 is 2.54 bits per heavy atom. The van der Waals surface area contributed by atoms with Gasteiger partial charge in [0.1, 0.15) is 9.63 Å². The van der Waals surface area contributed by atoms with Gasteiger partial charge in [-0.05, 0) is 27.7 Å². The lowest BCUT2D eigenvalue weighted by Gasteiger charge is -2.19. The molecule has 0 spiro atoms. The summed E-state index contributed by atoms with van der Waals surface area (Å²) < 4.78 is 69.1. The van der Waals surface area contributed by atoms with Crippen LogP contribution in [-0.4, -0.2) is 49.0 Å². The molecule has 0 aliphatic rings. The first-order valence-corrected chi connectivity index (χ1v) is 9.47. The Kier molecular flexibility index (Phi) is 5.75. The van der Waals surface area contributed by atoms with E-state index in [0.717, 1.165) is 11.9 Å². The number of aromatic nitrogens is 5. The maximum Gasteiger partial charge on any atom is 0.456 e. The predicted octanol–water partition coefficient (Wildman–Crippen LogP) is 4.64. The van der Waals surface area contributed by atoms with Gasteiger partial charge in [0.25, 0.3) is 0 Å². The van der Waals surface area contributed by atoms with Gasteiger partial charge in [0.15, 0.2) is 12.3 Å². The molecule has 0 atom stereocenters. The number of halogens is 6. The standard InChI is InChI=1S/C15H11BrF5N5OS/c1-2-28-13-11(12-24-9(16)3-4-26(12)25-13)8-5-23-10(6-22-8)27-7-14(17,18)15(19,20)21/h3-6H,2,7H2,1H3. The normalized spacial score (nSPS) is 12.5. The fraction of sp³-hybridized carbons (Fsp3) is 0.333. The van der Waals surface area contributed by atoms with Crippen LogP contribution < -0.4 is 4.74 Å². The van der Waals surface area contributed by atoms with Crippen molar-refractivity contribution in [2.45, 2.75) is 24.0 Å². The third-order valence-corrected chi connectivity index (χ3v) is 4.69. The van der Waals surface area contributed by atoms with Crippen molar-refractivity contribution in [3.05, 3.63) is 29.3 Å². The van der Waals surface area contributed by atoms with Crippen LogP contribution in [-0.2, 0) is 0 Å². The Labute approximate surface area is 167 Å². The molecule has 0 saturated carbocycles. The summed E-state index contributed by atoms with van der Waals surface area (Å²) in [5.41, 5.74) is 1.37. The van der Waals surface area contributed by atoms with Crippen LogP contribution in [0.1, 0.15) is 6.92 Å². The van der Waals surface area contributed by atoms with Crippen molar-refractivity contribution in [2.75, 3.05) is 12.4 Å². The second-order valence-corrected chi connectivity index (χ2v) is 7.43. The molecule has 6 nitrogen and oxygen atoms in total. The number of hydrogen-bond donors (Lipinski definition) is 0. The van der Waals surface area contributed by atoms with Gasteiger partial charge in [-0.1, -0.05) is 6.92 Å². The van der Waals surface area contributed by atoms with Crippen molar-refractivity contribution >= 4 is 33.3 Å². The summed E-state index contributed by atoms with van der Waals surface area (Å²) in [7, 11) is 0. The van der Waals surface area contributed by atoms with E-state index < -0.39 is 24.6 Å². The smallest absolute Gasteiger partial charge is 0.456 e. The van der Waals surface area contributed by atoms with Crippen molar-refractivity contribution in [1.82, 2.24) is 24.6 Å². The van der Waals surface area contributed by atoms with E-state index in [4.69, 9.17) is 0 Å². The van der Waals surface area contributed by atoms with Gasteiger partial charge < -0.3 is 4.74 Å². The van der Waals surface area contributed by atoms with E-state index in [1.54, 1.807) is 16.8 Å². The molecule has 0 aliphatic heterocycles. The van der Waals surface area contributed by atoms with Crippen molar-refractivity contribution in [2.24, 2.45) is 0 Å². The molecule has 3 rings (SSSR count). The predicted molar refractivity (Wildman–Crippen MR) is 94.6 cm³/mol. The Balaban J connectivity index is 1.89. The molecule has 150 valence electrons.